The minimum Gasteiger partial charge on any atom is -0.482 e. The number of hydrogen-bond donors (Lipinski definition) is 2. The van der Waals surface area contributed by atoms with Crippen LogP contribution in [0.1, 0.15) is 5.56 Å². The molecule has 1 saturated heterocycles. The Kier molecular flexibility index (Phi) is 4.98. The van der Waals surface area contributed by atoms with Gasteiger partial charge >= 0.3 is 12.0 Å². The number of imide groups is 2. The molecule has 8 heteroatoms. The highest BCUT2D eigenvalue weighted by Crippen LogP contribution is 2.22. The molecule has 0 aromatic heterocycles. The number of hydrogen-bond acceptors (Lipinski definition) is 5. The number of benzene rings is 2. The second-order valence-electron chi connectivity index (χ2n) is 5.55. The molecule has 8 nitrogen and oxygen atoms in total. The number of aliphatic carboxylic acids is 1. The predicted molar refractivity (Wildman–Crippen MR) is 95.0 cm³/mol. The Balaban J connectivity index is 1.91. The van der Waals surface area contributed by atoms with Crippen LogP contribution in [0.4, 0.5) is 10.5 Å². The maximum atomic E-state index is 12.7. The van der Waals surface area contributed by atoms with Crippen LogP contribution in [0.5, 0.6) is 5.75 Å². The van der Waals surface area contributed by atoms with Crippen LogP contribution in [0.25, 0.3) is 6.08 Å². The number of para-hydroxylation sites is 1. The minimum absolute atomic E-state index is 0.228. The maximum absolute atomic E-state index is 12.7. The van der Waals surface area contributed by atoms with E-state index in [0.717, 1.165) is 4.90 Å². The molecular weight excluding hydrogens is 352 g/mol. The molecule has 2 N–H and O–H groups in total. The molecule has 1 aliphatic rings. The van der Waals surface area contributed by atoms with Crippen LogP contribution in [0.15, 0.2) is 60.2 Å². The van der Waals surface area contributed by atoms with Crippen LogP contribution in [0, 0.1) is 0 Å². The molecule has 1 fully saturated rings. The smallest absolute Gasteiger partial charge is 0.341 e. The highest BCUT2D eigenvalue weighted by Gasteiger charge is 2.36. The lowest BCUT2D eigenvalue weighted by atomic mass is 10.1. The van der Waals surface area contributed by atoms with Gasteiger partial charge in [-0.3, -0.25) is 14.9 Å². The molecular formula is C19H14N2O6. The average Bonchev–Trinajstić information content (AvgIpc) is 2.64. The van der Waals surface area contributed by atoms with Crippen molar-refractivity contribution in [3.8, 4) is 5.75 Å². The molecule has 136 valence electrons. The molecule has 0 radical (unpaired) electrons. The Labute approximate surface area is 153 Å². The standard InChI is InChI=1S/C19H14N2O6/c22-16(23)11-27-14-8-4-5-12(9-14)10-15-17(24)20-19(26)21(18(15)25)13-6-2-1-3-7-13/h1-10H,11H2,(H,22,23)(H,20,24,26)/b15-10-. The quantitative estimate of drug-likeness (QED) is 0.616. The van der Waals surface area contributed by atoms with Gasteiger partial charge < -0.3 is 9.84 Å². The first-order valence-electron chi connectivity index (χ1n) is 7.87. The third-order valence-corrected chi connectivity index (χ3v) is 3.65. The third kappa shape index (κ3) is 4.01. The highest BCUT2D eigenvalue weighted by atomic mass is 16.5. The normalized spacial score (nSPS) is 15.6. The van der Waals surface area contributed by atoms with Crippen molar-refractivity contribution in [2.24, 2.45) is 0 Å². The van der Waals surface area contributed by atoms with Crippen molar-refractivity contribution < 1.29 is 29.0 Å². The molecule has 0 bridgehead atoms. The second-order valence-corrected chi connectivity index (χ2v) is 5.55. The zero-order valence-electron chi connectivity index (χ0n) is 13.9. The van der Waals surface area contributed by atoms with Gasteiger partial charge in [0.05, 0.1) is 5.69 Å². The average molecular weight is 366 g/mol. The van der Waals surface area contributed by atoms with Gasteiger partial charge in [-0.15, -0.1) is 0 Å². The number of amides is 4. The Morgan fingerprint density at radius 1 is 1.07 bits per heavy atom. The number of carbonyl (C=O) groups is 4. The molecule has 2 aromatic rings. The zero-order valence-corrected chi connectivity index (χ0v) is 13.9. The van der Waals surface area contributed by atoms with Gasteiger partial charge in [-0.1, -0.05) is 30.3 Å². The van der Waals surface area contributed by atoms with E-state index >= 15 is 0 Å². The summed E-state index contributed by atoms with van der Waals surface area (Å²) in [5.74, 6) is -2.43. The molecule has 2 aromatic carbocycles. The van der Waals surface area contributed by atoms with Crippen molar-refractivity contribution in [2.45, 2.75) is 0 Å². The first-order valence-corrected chi connectivity index (χ1v) is 7.87. The number of anilines is 1. The van der Waals surface area contributed by atoms with E-state index in [1.54, 1.807) is 48.5 Å². The van der Waals surface area contributed by atoms with E-state index in [2.05, 4.69) is 5.32 Å². The lowest BCUT2D eigenvalue weighted by molar-refractivity contribution is -0.139. The summed E-state index contributed by atoms with van der Waals surface area (Å²) < 4.78 is 5.08. The fraction of sp³-hybridized carbons (Fsp3) is 0.0526. The van der Waals surface area contributed by atoms with Crippen molar-refractivity contribution in [2.75, 3.05) is 11.5 Å². The summed E-state index contributed by atoms with van der Waals surface area (Å²) in [5, 5.41) is 10.8. The van der Waals surface area contributed by atoms with E-state index in [-0.39, 0.29) is 11.3 Å². The van der Waals surface area contributed by atoms with Gasteiger partial charge in [-0.25, -0.2) is 14.5 Å². The number of nitrogens with zero attached hydrogens (tertiary/aromatic N) is 1. The van der Waals surface area contributed by atoms with Gasteiger partial charge in [-0.2, -0.15) is 0 Å². The summed E-state index contributed by atoms with van der Waals surface area (Å²) in [5.41, 5.74) is 0.546. The Morgan fingerprint density at radius 2 is 1.81 bits per heavy atom. The Bertz CT molecular complexity index is 952. The van der Waals surface area contributed by atoms with E-state index in [9.17, 15) is 19.2 Å². The predicted octanol–water partition coefficient (Wildman–Crippen LogP) is 1.82. The number of carboxylic acid groups (broad SMARTS) is 1. The molecule has 0 unspecified atom stereocenters. The Morgan fingerprint density at radius 3 is 2.52 bits per heavy atom. The van der Waals surface area contributed by atoms with Crippen LogP contribution in [-0.2, 0) is 14.4 Å². The maximum Gasteiger partial charge on any atom is 0.341 e. The highest BCUT2D eigenvalue weighted by molar-refractivity contribution is 6.39. The van der Waals surface area contributed by atoms with E-state index in [0.29, 0.717) is 11.3 Å². The van der Waals surface area contributed by atoms with Gasteiger partial charge in [0.25, 0.3) is 11.8 Å². The fourth-order valence-electron chi connectivity index (χ4n) is 2.47. The van der Waals surface area contributed by atoms with Gasteiger partial charge in [0.15, 0.2) is 6.61 Å². The molecule has 0 atom stereocenters. The number of barbiturate groups is 1. The molecule has 0 aliphatic carbocycles. The SMILES string of the molecule is O=C(O)COc1cccc(/C=C2/C(=O)NC(=O)N(c3ccccc3)C2=O)c1. The zero-order chi connectivity index (χ0) is 19.4. The van der Waals surface area contributed by atoms with Crippen molar-refractivity contribution in [1.29, 1.82) is 0 Å². The minimum atomic E-state index is -1.13. The largest absolute Gasteiger partial charge is 0.482 e. The molecule has 1 heterocycles. The second kappa shape index (κ2) is 7.52. The summed E-state index contributed by atoms with van der Waals surface area (Å²) in [7, 11) is 0. The summed E-state index contributed by atoms with van der Waals surface area (Å²) in [6.45, 7) is -0.518. The number of ether oxygens (including phenoxy) is 1. The van der Waals surface area contributed by atoms with E-state index in [4.69, 9.17) is 9.84 Å². The number of carbonyl (C=O) groups excluding carboxylic acids is 3. The molecule has 3 rings (SSSR count). The summed E-state index contributed by atoms with van der Waals surface area (Å²) in [4.78, 5) is 48.4. The van der Waals surface area contributed by atoms with Gasteiger partial charge in [0.2, 0.25) is 0 Å². The van der Waals surface area contributed by atoms with Crippen molar-refractivity contribution >= 4 is 35.6 Å². The molecule has 0 saturated carbocycles. The van der Waals surface area contributed by atoms with Gasteiger partial charge in [0.1, 0.15) is 11.3 Å². The van der Waals surface area contributed by atoms with Crippen molar-refractivity contribution in [1.82, 2.24) is 5.32 Å². The van der Waals surface area contributed by atoms with Gasteiger partial charge in [-0.05, 0) is 35.9 Å². The molecule has 27 heavy (non-hydrogen) atoms. The summed E-state index contributed by atoms with van der Waals surface area (Å²) in [6, 6.07) is 13.6. The van der Waals surface area contributed by atoms with Crippen LogP contribution in [-0.4, -0.2) is 35.5 Å². The van der Waals surface area contributed by atoms with Crippen LogP contribution < -0.4 is 15.0 Å². The fourth-order valence-corrected chi connectivity index (χ4v) is 2.47. The molecule has 1 aliphatic heterocycles. The molecule has 0 spiro atoms. The van der Waals surface area contributed by atoms with E-state index < -0.39 is 30.4 Å². The number of carboxylic acids is 1. The number of urea groups is 1. The number of nitrogens with one attached hydrogen (secondary N) is 1. The summed E-state index contributed by atoms with van der Waals surface area (Å²) >= 11 is 0. The van der Waals surface area contributed by atoms with Crippen LogP contribution in [0.2, 0.25) is 0 Å². The van der Waals surface area contributed by atoms with Crippen LogP contribution in [0.3, 0.4) is 0 Å². The lowest BCUT2D eigenvalue weighted by Crippen LogP contribution is -2.54. The lowest BCUT2D eigenvalue weighted by Gasteiger charge is -2.26. The first kappa shape index (κ1) is 17.9. The van der Waals surface area contributed by atoms with Gasteiger partial charge in [0, 0.05) is 0 Å². The topological polar surface area (TPSA) is 113 Å². The number of rotatable bonds is 5. The van der Waals surface area contributed by atoms with Crippen molar-refractivity contribution in [3.05, 3.63) is 65.7 Å². The van der Waals surface area contributed by atoms with Crippen molar-refractivity contribution in [3.63, 3.8) is 0 Å². The summed E-state index contributed by atoms with van der Waals surface area (Å²) in [6.07, 6.45) is 1.31. The van der Waals surface area contributed by atoms with Crippen LogP contribution >= 0.6 is 0 Å². The van der Waals surface area contributed by atoms with E-state index in [1.807, 2.05) is 0 Å². The molecule has 4 amide bonds. The monoisotopic (exact) mass is 366 g/mol. The Hall–Kier alpha value is -3.94. The van der Waals surface area contributed by atoms with E-state index in [1.165, 1.54) is 12.1 Å². The third-order valence-electron chi connectivity index (χ3n) is 3.65. The first-order chi connectivity index (χ1) is 13.0.